The number of rotatable bonds is 6. The molecule has 1 aliphatic rings. The van der Waals surface area contributed by atoms with Gasteiger partial charge in [-0.15, -0.1) is 0 Å². The van der Waals surface area contributed by atoms with Crippen molar-refractivity contribution in [2.24, 2.45) is 27.1 Å². The first-order valence-electron chi connectivity index (χ1n) is 14.2. The first-order valence-corrected chi connectivity index (χ1v) is 14.2. The number of hydrogen-bond donors (Lipinski definition) is 0. The van der Waals surface area contributed by atoms with E-state index in [2.05, 4.69) is 0 Å². The zero-order chi connectivity index (χ0) is 33.2. The predicted octanol–water partition coefficient (Wildman–Crippen LogP) is 4.76. The van der Waals surface area contributed by atoms with Crippen LogP contribution in [0.15, 0.2) is 0 Å². The molecule has 0 N–H and O–H groups in total. The fourth-order valence-electron chi connectivity index (χ4n) is 3.07. The Kier molecular flexibility index (Phi) is 11.5. The minimum atomic E-state index is -1.59. The van der Waals surface area contributed by atoms with Gasteiger partial charge in [-0.1, -0.05) is 0 Å². The van der Waals surface area contributed by atoms with Crippen LogP contribution in [0, 0.1) is 27.1 Å². The smallest absolute Gasteiger partial charge is 0.313 e. The molecule has 0 amide bonds. The highest BCUT2D eigenvalue weighted by molar-refractivity contribution is 5.78. The topological polar surface area (TPSA) is 141 Å². The molecule has 5 atom stereocenters. The van der Waals surface area contributed by atoms with Crippen molar-refractivity contribution in [1.82, 2.24) is 0 Å². The normalized spacial score (nSPS) is 23.8. The first kappa shape index (κ1) is 37.3. The monoisotopic (exact) mass is 600 g/mol. The molecule has 1 heterocycles. The van der Waals surface area contributed by atoms with E-state index in [9.17, 15) is 24.0 Å². The van der Waals surface area contributed by atoms with E-state index in [-0.39, 0.29) is 0 Å². The second-order valence-corrected chi connectivity index (χ2v) is 15.9. The van der Waals surface area contributed by atoms with Gasteiger partial charge in [0.2, 0.25) is 12.4 Å². The van der Waals surface area contributed by atoms with E-state index in [0.29, 0.717) is 0 Å². The van der Waals surface area contributed by atoms with Gasteiger partial charge < -0.3 is 28.4 Å². The van der Waals surface area contributed by atoms with Crippen molar-refractivity contribution < 1.29 is 52.4 Å². The molecule has 11 nitrogen and oxygen atoms in total. The number of carbonyl (C=O) groups excluding carboxylic acids is 5. The average molecular weight is 601 g/mol. The van der Waals surface area contributed by atoms with Gasteiger partial charge in [-0.05, 0) is 104 Å². The lowest BCUT2D eigenvalue weighted by Gasteiger charge is -2.45. The quantitative estimate of drug-likeness (QED) is 0.308. The summed E-state index contributed by atoms with van der Waals surface area (Å²) in [4.78, 5) is 65.3. The average Bonchev–Trinajstić information content (AvgIpc) is 2.77. The Bertz CT molecular complexity index is 1010. The Morgan fingerprint density at radius 1 is 0.452 bits per heavy atom. The molecule has 0 aromatic carbocycles. The minimum Gasteiger partial charge on any atom is -0.462 e. The van der Waals surface area contributed by atoms with Gasteiger partial charge in [0.05, 0.1) is 27.1 Å². The number of carbonyl (C=O) groups is 5. The Balaban J connectivity index is 3.82. The lowest BCUT2D eigenvalue weighted by atomic mass is 9.92. The van der Waals surface area contributed by atoms with Crippen LogP contribution in [-0.2, 0) is 52.4 Å². The molecule has 0 radical (unpaired) electrons. The molecule has 0 aromatic rings. The van der Waals surface area contributed by atoms with Crippen molar-refractivity contribution in [2.75, 3.05) is 6.61 Å². The lowest BCUT2D eigenvalue weighted by molar-refractivity contribution is -0.306. The van der Waals surface area contributed by atoms with E-state index in [1.165, 1.54) is 0 Å². The van der Waals surface area contributed by atoms with Gasteiger partial charge in [0.25, 0.3) is 0 Å². The van der Waals surface area contributed by atoms with Crippen molar-refractivity contribution in [3.8, 4) is 0 Å². The van der Waals surface area contributed by atoms with Gasteiger partial charge in [-0.3, -0.25) is 24.0 Å². The van der Waals surface area contributed by atoms with Crippen molar-refractivity contribution in [2.45, 2.75) is 135 Å². The van der Waals surface area contributed by atoms with Crippen LogP contribution in [0.1, 0.15) is 104 Å². The van der Waals surface area contributed by atoms with Gasteiger partial charge in [-0.25, -0.2) is 0 Å². The Morgan fingerprint density at radius 3 is 1.12 bits per heavy atom. The molecule has 0 saturated carbocycles. The summed E-state index contributed by atoms with van der Waals surface area (Å²) in [5, 5.41) is 0. The van der Waals surface area contributed by atoms with Crippen LogP contribution in [0.3, 0.4) is 0 Å². The molecule has 0 bridgehead atoms. The third-order valence-electron chi connectivity index (χ3n) is 5.98. The molecule has 0 aliphatic carbocycles. The molecule has 1 fully saturated rings. The predicted molar refractivity (Wildman–Crippen MR) is 153 cm³/mol. The fraction of sp³-hybridized carbons (Fsp3) is 0.839. The first-order chi connectivity index (χ1) is 18.6. The Hall–Kier alpha value is -2.69. The summed E-state index contributed by atoms with van der Waals surface area (Å²) in [6, 6.07) is 0. The van der Waals surface area contributed by atoms with Gasteiger partial charge in [0, 0.05) is 0 Å². The molecule has 11 heteroatoms. The summed E-state index contributed by atoms with van der Waals surface area (Å²) >= 11 is 0. The van der Waals surface area contributed by atoms with Crippen LogP contribution in [0.4, 0.5) is 0 Å². The second kappa shape index (κ2) is 12.9. The van der Waals surface area contributed by atoms with Gasteiger partial charge in [0.1, 0.15) is 12.7 Å². The van der Waals surface area contributed by atoms with E-state index in [1.807, 2.05) is 0 Å². The third kappa shape index (κ3) is 10.5. The van der Waals surface area contributed by atoms with Crippen molar-refractivity contribution in [3.63, 3.8) is 0 Å². The van der Waals surface area contributed by atoms with E-state index >= 15 is 0 Å². The molecular formula is C31H52O11. The highest BCUT2D eigenvalue weighted by Crippen LogP contribution is 2.35. The Morgan fingerprint density at radius 2 is 0.762 bits per heavy atom. The standard InChI is InChI=1S/C31H52O11/c1-27(2,3)22(32)37-16-17-18(39-23(33)28(4,5)6)19(40-24(34)29(7,8)9)20(41-25(35)30(10,11)12)21(38-17)42-26(36)31(13,14)15/h17-21H,16H2,1-15H3/t17-,18+,19+,20-,21-/m1/s1. The van der Waals surface area contributed by atoms with Crippen LogP contribution in [-0.4, -0.2) is 67.2 Å². The second-order valence-electron chi connectivity index (χ2n) is 15.9. The number of ether oxygens (including phenoxy) is 6. The highest BCUT2D eigenvalue weighted by Gasteiger charge is 2.56. The van der Waals surface area contributed by atoms with Crippen molar-refractivity contribution in [3.05, 3.63) is 0 Å². The van der Waals surface area contributed by atoms with Crippen LogP contribution in [0.5, 0.6) is 0 Å². The molecule has 0 aromatic heterocycles. The van der Waals surface area contributed by atoms with E-state index in [0.717, 1.165) is 0 Å². The van der Waals surface area contributed by atoms with Crippen molar-refractivity contribution in [1.29, 1.82) is 0 Å². The van der Waals surface area contributed by atoms with Crippen LogP contribution in [0.2, 0.25) is 0 Å². The zero-order valence-electron chi connectivity index (χ0n) is 28.1. The number of esters is 5. The molecule has 242 valence electrons. The summed E-state index contributed by atoms with van der Waals surface area (Å²) in [6.45, 7) is 24.1. The molecule has 1 aliphatic heterocycles. The van der Waals surface area contributed by atoms with Gasteiger partial charge >= 0.3 is 29.8 Å². The summed E-state index contributed by atoms with van der Waals surface area (Å²) in [6.07, 6.45) is -7.27. The summed E-state index contributed by atoms with van der Waals surface area (Å²) in [5.41, 5.74) is -4.86. The highest BCUT2D eigenvalue weighted by atomic mass is 16.7. The molecule has 1 saturated heterocycles. The van der Waals surface area contributed by atoms with Gasteiger partial charge in [0.15, 0.2) is 12.2 Å². The molecule has 0 unspecified atom stereocenters. The zero-order valence-corrected chi connectivity index (χ0v) is 28.1. The maximum Gasteiger partial charge on any atom is 0.313 e. The maximum atomic E-state index is 13.2. The van der Waals surface area contributed by atoms with E-state index in [1.54, 1.807) is 104 Å². The minimum absolute atomic E-state index is 0.439. The fourth-order valence-corrected chi connectivity index (χ4v) is 3.07. The van der Waals surface area contributed by atoms with E-state index in [4.69, 9.17) is 28.4 Å². The van der Waals surface area contributed by atoms with E-state index < -0.39 is 94.2 Å². The van der Waals surface area contributed by atoms with Gasteiger partial charge in [-0.2, -0.15) is 0 Å². The summed E-state index contributed by atoms with van der Waals surface area (Å²) < 4.78 is 34.9. The molecule has 0 spiro atoms. The Labute approximate surface area is 250 Å². The molecule has 42 heavy (non-hydrogen) atoms. The lowest BCUT2D eigenvalue weighted by Crippen LogP contribution is -2.64. The maximum absolute atomic E-state index is 13.2. The third-order valence-corrected chi connectivity index (χ3v) is 5.98. The van der Waals surface area contributed by atoms with Crippen LogP contribution < -0.4 is 0 Å². The largest absolute Gasteiger partial charge is 0.462 e. The summed E-state index contributed by atoms with van der Waals surface area (Å²) in [7, 11) is 0. The van der Waals surface area contributed by atoms with Crippen molar-refractivity contribution >= 4 is 29.8 Å². The summed E-state index contributed by atoms with van der Waals surface area (Å²) in [5.74, 6) is -3.34. The molecule has 1 rings (SSSR count). The SMILES string of the molecule is CC(C)(C)C(=O)OC[C@H]1O[C@H](OC(=O)C(C)(C)C)[C@H](OC(=O)C(C)(C)C)[C@@H](OC(=O)C(C)(C)C)[C@H]1OC(=O)C(C)(C)C. The van der Waals surface area contributed by atoms with Crippen LogP contribution >= 0.6 is 0 Å². The number of hydrogen-bond acceptors (Lipinski definition) is 11. The van der Waals surface area contributed by atoms with Crippen LogP contribution in [0.25, 0.3) is 0 Å². The molecular weight excluding hydrogens is 548 g/mol.